The SMILES string of the molecule is COC(=O)[C@H](Cc1ccc(OCCN(C(=O)C(C)(C)C)c2cccc(Cl)c2)cc1)Nc1ccccc1C(=O)c1ccccc1. The predicted molar refractivity (Wildman–Crippen MR) is 175 cm³/mol. The van der Waals surface area contributed by atoms with Gasteiger partial charge in [-0.25, -0.2) is 4.79 Å². The Morgan fingerprint density at radius 2 is 1.55 bits per heavy atom. The van der Waals surface area contributed by atoms with Crippen LogP contribution < -0.4 is 15.0 Å². The Labute approximate surface area is 263 Å². The number of para-hydroxylation sites is 1. The number of anilines is 2. The van der Waals surface area contributed by atoms with Crippen LogP contribution in [0.4, 0.5) is 11.4 Å². The van der Waals surface area contributed by atoms with Crippen LogP contribution in [0.3, 0.4) is 0 Å². The number of nitrogens with zero attached hydrogens (tertiary/aromatic N) is 1. The summed E-state index contributed by atoms with van der Waals surface area (Å²) in [5.41, 5.74) is 2.58. The van der Waals surface area contributed by atoms with Crippen LogP contribution in [-0.2, 0) is 20.7 Å². The van der Waals surface area contributed by atoms with Crippen molar-refractivity contribution in [1.82, 2.24) is 0 Å². The van der Waals surface area contributed by atoms with E-state index in [4.69, 9.17) is 21.1 Å². The minimum Gasteiger partial charge on any atom is -0.492 e. The van der Waals surface area contributed by atoms with E-state index in [1.807, 2.05) is 81.4 Å². The highest BCUT2D eigenvalue weighted by molar-refractivity contribution is 6.31. The number of amides is 1. The molecular weight excluding hydrogens is 576 g/mol. The van der Waals surface area contributed by atoms with Gasteiger partial charge in [0.05, 0.1) is 13.7 Å². The van der Waals surface area contributed by atoms with Crippen LogP contribution in [0, 0.1) is 5.41 Å². The van der Waals surface area contributed by atoms with Gasteiger partial charge in [-0.05, 0) is 48.0 Å². The number of carbonyl (C=O) groups is 3. The van der Waals surface area contributed by atoms with Crippen molar-refractivity contribution in [2.24, 2.45) is 5.41 Å². The van der Waals surface area contributed by atoms with Crippen molar-refractivity contribution in [1.29, 1.82) is 0 Å². The molecule has 0 aliphatic carbocycles. The van der Waals surface area contributed by atoms with Gasteiger partial charge in [0.2, 0.25) is 5.91 Å². The summed E-state index contributed by atoms with van der Waals surface area (Å²) in [6.07, 6.45) is 0.323. The second-order valence-electron chi connectivity index (χ2n) is 11.3. The standard InChI is InChI=1S/C36H37ClN2O5/c1-36(2,3)35(42)39(28-14-10-13-27(37)24-28)21-22-44-29-19-17-25(18-20-29)23-32(34(41)43-4)38-31-16-9-8-15-30(31)33(40)26-11-6-5-7-12-26/h5-20,24,32,38H,21-23H2,1-4H3/t32-/m0/s1. The Kier molecular flexibility index (Phi) is 10.8. The minimum atomic E-state index is -0.730. The molecule has 0 unspecified atom stereocenters. The third-order valence-corrected chi connectivity index (χ3v) is 7.21. The highest BCUT2D eigenvalue weighted by Crippen LogP contribution is 2.26. The molecule has 1 amide bonds. The Bertz CT molecular complexity index is 1580. The third kappa shape index (κ3) is 8.48. The van der Waals surface area contributed by atoms with Gasteiger partial charge < -0.3 is 19.7 Å². The van der Waals surface area contributed by atoms with Crippen LogP contribution in [0.2, 0.25) is 5.02 Å². The van der Waals surface area contributed by atoms with Gasteiger partial charge in [-0.2, -0.15) is 0 Å². The predicted octanol–water partition coefficient (Wildman–Crippen LogP) is 7.23. The topological polar surface area (TPSA) is 84.9 Å². The first kappa shape index (κ1) is 32.3. The second-order valence-corrected chi connectivity index (χ2v) is 11.8. The minimum absolute atomic E-state index is 0.0351. The van der Waals surface area contributed by atoms with E-state index in [0.29, 0.717) is 46.2 Å². The van der Waals surface area contributed by atoms with E-state index in [2.05, 4.69) is 5.32 Å². The molecule has 8 heteroatoms. The molecule has 1 atom stereocenters. The fourth-order valence-corrected chi connectivity index (χ4v) is 4.87. The van der Waals surface area contributed by atoms with Gasteiger partial charge in [-0.1, -0.05) is 93.0 Å². The van der Waals surface area contributed by atoms with E-state index in [-0.39, 0.29) is 18.3 Å². The maximum Gasteiger partial charge on any atom is 0.328 e. The number of esters is 1. The van der Waals surface area contributed by atoms with E-state index >= 15 is 0 Å². The highest BCUT2D eigenvalue weighted by atomic mass is 35.5. The molecule has 228 valence electrons. The largest absolute Gasteiger partial charge is 0.492 e. The van der Waals surface area contributed by atoms with Gasteiger partial charge in [-0.15, -0.1) is 0 Å². The lowest BCUT2D eigenvalue weighted by Gasteiger charge is -2.29. The Hall–Kier alpha value is -4.62. The first-order valence-corrected chi connectivity index (χ1v) is 14.8. The molecule has 0 radical (unpaired) electrons. The van der Waals surface area contributed by atoms with Crippen molar-refractivity contribution in [3.8, 4) is 5.75 Å². The summed E-state index contributed by atoms with van der Waals surface area (Å²) in [7, 11) is 1.34. The number of hydrogen-bond acceptors (Lipinski definition) is 6. The summed E-state index contributed by atoms with van der Waals surface area (Å²) in [6, 6.07) is 30.0. The van der Waals surface area contributed by atoms with Crippen molar-refractivity contribution < 1.29 is 23.9 Å². The van der Waals surface area contributed by atoms with Crippen LogP contribution >= 0.6 is 11.6 Å². The van der Waals surface area contributed by atoms with Crippen molar-refractivity contribution in [3.63, 3.8) is 0 Å². The first-order valence-electron chi connectivity index (χ1n) is 14.4. The quantitative estimate of drug-likeness (QED) is 0.134. The molecule has 0 saturated carbocycles. The molecule has 44 heavy (non-hydrogen) atoms. The Balaban J connectivity index is 1.43. The van der Waals surface area contributed by atoms with E-state index < -0.39 is 17.4 Å². The van der Waals surface area contributed by atoms with Gasteiger partial charge >= 0.3 is 5.97 Å². The molecule has 0 spiro atoms. The van der Waals surface area contributed by atoms with Crippen molar-refractivity contribution in [2.45, 2.75) is 33.2 Å². The second kappa shape index (κ2) is 14.7. The summed E-state index contributed by atoms with van der Waals surface area (Å²) < 4.78 is 11.1. The smallest absolute Gasteiger partial charge is 0.328 e. The third-order valence-electron chi connectivity index (χ3n) is 6.98. The van der Waals surface area contributed by atoms with E-state index in [9.17, 15) is 14.4 Å². The van der Waals surface area contributed by atoms with E-state index in [0.717, 1.165) is 5.56 Å². The first-order chi connectivity index (χ1) is 21.1. The molecule has 0 aromatic heterocycles. The van der Waals surface area contributed by atoms with Gasteiger partial charge in [-0.3, -0.25) is 9.59 Å². The van der Waals surface area contributed by atoms with Crippen LogP contribution in [0.1, 0.15) is 42.3 Å². The molecule has 7 nitrogen and oxygen atoms in total. The number of nitrogens with one attached hydrogen (secondary N) is 1. The lowest BCUT2D eigenvalue weighted by Crippen LogP contribution is -2.41. The Morgan fingerprint density at radius 1 is 0.864 bits per heavy atom. The summed E-state index contributed by atoms with van der Waals surface area (Å²) in [4.78, 5) is 40.8. The number of ether oxygens (including phenoxy) is 2. The number of benzene rings is 4. The maximum atomic E-state index is 13.2. The van der Waals surface area contributed by atoms with E-state index in [1.165, 1.54) is 7.11 Å². The zero-order valence-electron chi connectivity index (χ0n) is 25.4. The van der Waals surface area contributed by atoms with Crippen LogP contribution in [0.5, 0.6) is 5.75 Å². The normalized spacial score (nSPS) is 11.8. The number of carbonyl (C=O) groups excluding carboxylic acids is 3. The summed E-state index contributed by atoms with van der Waals surface area (Å²) in [5.74, 6) is 0.00495. The highest BCUT2D eigenvalue weighted by Gasteiger charge is 2.28. The molecule has 0 aliphatic heterocycles. The number of halogens is 1. The van der Waals surface area contributed by atoms with Crippen LogP contribution in [0.15, 0.2) is 103 Å². The van der Waals surface area contributed by atoms with Crippen molar-refractivity contribution in [2.75, 3.05) is 30.5 Å². The monoisotopic (exact) mass is 612 g/mol. The zero-order chi connectivity index (χ0) is 31.7. The van der Waals surface area contributed by atoms with Gasteiger partial charge in [0, 0.05) is 39.4 Å². The average molecular weight is 613 g/mol. The average Bonchev–Trinajstić information content (AvgIpc) is 3.02. The van der Waals surface area contributed by atoms with Crippen LogP contribution in [0.25, 0.3) is 0 Å². The van der Waals surface area contributed by atoms with Crippen molar-refractivity contribution >= 4 is 40.6 Å². The molecule has 4 aromatic carbocycles. The fraction of sp³-hybridized carbons (Fsp3) is 0.250. The molecule has 0 aliphatic rings. The molecule has 1 N–H and O–H groups in total. The number of hydrogen-bond donors (Lipinski definition) is 1. The zero-order valence-corrected chi connectivity index (χ0v) is 26.1. The summed E-state index contributed by atoms with van der Waals surface area (Å²) in [5, 5.41) is 3.78. The molecule has 0 heterocycles. The summed E-state index contributed by atoms with van der Waals surface area (Å²) >= 11 is 6.19. The van der Waals surface area contributed by atoms with Gasteiger partial charge in [0.1, 0.15) is 18.4 Å². The molecule has 0 bridgehead atoms. The number of rotatable bonds is 12. The van der Waals surface area contributed by atoms with Gasteiger partial charge in [0.15, 0.2) is 5.78 Å². The number of ketones is 1. The lowest BCUT2D eigenvalue weighted by molar-refractivity contribution is -0.141. The van der Waals surface area contributed by atoms with E-state index in [1.54, 1.807) is 47.4 Å². The van der Waals surface area contributed by atoms with Crippen LogP contribution in [-0.4, -0.2) is 44.0 Å². The molecule has 4 aromatic rings. The molecule has 0 fully saturated rings. The molecule has 4 rings (SSSR count). The maximum absolute atomic E-state index is 13.2. The molecular formula is C36H37ClN2O5. The molecule has 0 saturated heterocycles. The number of methoxy groups -OCH3 is 1. The summed E-state index contributed by atoms with van der Waals surface area (Å²) in [6.45, 7) is 6.24. The Morgan fingerprint density at radius 3 is 2.20 bits per heavy atom. The van der Waals surface area contributed by atoms with Gasteiger partial charge in [0.25, 0.3) is 0 Å². The fourth-order valence-electron chi connectivity index (χ4n) is 4.68. The van der Waals surface area contributed by atoms with Crippen molar-refractivity contribution in [3.05, 3.63) is 125 Å². The lowest BCUT2D eigenvalue weighted by atomic mass is 9.94.